The lowest BCUT2D eigenvalue weighted by Crippen LogP contribution is -2.22. The largest absolute Gasteiger partial charge is 0.457 e. The van der Waals surface area contributed by atoms with Crippen molar-refractivity contribution in [3.63, 3.8) is 0 Å². The number of thiocarbonyl (C=S) groups is 1. The minimum Gasteiger partial charge on any atom is -0.457 e. The second kappa shape index (κ2) is 6.39. The maximum atomic E-state index is 12.0. The van der Waals surface area contributed by atoms with E-state index < -0.39 is 5.97 Å². The number of nitrogens with zero attached hydrogens (tertiary/aromatic N) is 1. The van der Waals surface area contributed by atoms with Crippen LogP contribution in [0.15, 0.2) is 52.0 Å². The molecule has 2 aromatic rings. The first kappa shape index (κ1) is 15.5. The van der Waals surface area contributed by atoms with Gasteiger partial charge in [-0.2, -0.15) is 0 Å². The summed E-state index contributed by atoms with van der Waals surface area (Å²) in [5.74, 6) is -0.223. The summed E-state index contributed by atoms with van der Waals surface area (Å²) in [6.45, 7) is 0. The molecule has 7 heteroatoms. The van der Waals surface area contributed by atoms with E-state index in [-0.39, 0.29) is 11.7 Å². The van der Waals surface area contributed by atoms with Gasteiger partial charge in [-0.25, -0.2) is 4.79 Å². The first-order chi connectivity index (χ1) is 11.0. The summed E-state index contributed by atoms with van der Waals surface area (Å²) < 4.78 is 10.7. The Kier molecular flexibility index (Phi) is 4.31. The Labute approximate surface area is 141 Å². The third kappa shape index (κ3) is 3.35. The van der Waals surface area contributed by atoms with Crippen LogP contribution in [0.4, 0.5) is 0 Å². The molecule has 1 aliphatic heterocycles. The Hall–Kier alpha value is -2.38. The Morgan fingerprint density at radius 3 is 2.83 bits per heavy atom. The number of carbonyl (C=O) groups is 2. The van der Waals surface area contributed by atoms with Gasteiger partial charge in [0.25, 0.3) is 5.91 Å². The lowest BCUT2D eigenvalue weighted by molar-refractivity contribution is -0.121. The number of thioether (sulfide) groups is 1. The molecule has 0 N–H and O–H groups in total. The van der Waals surface area contributed by atoms with Gasteiger partial charge in [0.05, 0.1) is 11.2 Å². The van der Waals surface area contributed by atoms with Gasteiger partial charge in [-0.05, 0) is 35.9 Å². The zero-order valence-electron chi connectivity index (χ0n) is 12.0. The van der Waals surface area contributed by atoms with Gasteiger partial charge < -0.3 is 9.15 Å². The number of amides is 1. The number of esters is 1. The molecule has 1 aromatic carbocycles. The molecule has 0 unspecified atom stereocenters. The molecule has 0 aliphatic carbocycles. The predicted octanol–water partition coefficient (Wildman–Crippen LogP) is 3.33. The zero-order valence-corrected chi connectivity index (χ0v) is 13.6. The quantitative estimate of drug-likeness (QED) is 0.368. The van der Waals surface area contributed by atoms with E-state index in [1.165, 1.54) is 29.0 Å². The highest BCUT2D eigenvalue weighted by atomic mass is 32.2. The summed E-state index contributed by atoms with van der Waals surface area (Å²) in [5, 5.41) is 0. The van der Waals surface area contributed by atoms with Crippen molar-refractivity contribution in [2.75, 3.05) is 7.05 Å². The molecule has 0 spiro atoms. The second-order valence-corrected chi connectivity index (χ2v) is 6.36. The van der Waals surface area contributed by atoms with Crippen LogP contribution in [0.5, 0.6) is 5.75 Å². The topological polar surface area (TPSA) is 59.8 Å². The summed E-state index contributed by atoms with van der Waals surface area (Å²) in [7, 11) is 1.64. The number of hydrogen-bond acceptors (Lipinski definition) is 6. The molecule has 0 radical (unpaired) electrons. The number of benzene rings is 1. The molecular weight excluding hydrogens is 334 g/mol. The number of ether oxygens (including phenoxy) is 1. The maximum Gasteiger partial charge on any atom is 0.379 e. The lowest BCUT2D eigenvalue weighted by atomic mass is 10.2. The van der Waals surface area contributed by atoms with Crippen LogP contribution in [0.3, 0.4) is 0 Å². The molecule has 23 heavy (non-hydrogen) atoms. The van der Waals surface area contributed by atoms with Gasteiger partial charge in [0, 0.05) is 7.05 Å². The molecule has 1 amide bonds. The van der Waals surface area contributed by atoms with Crippen molar-refractivity contribution in [1.82, 2.24) is 4.90 Å². The summed E-state index contributed by atoms with van der Waals surface area (Å²) in [6.07, 6.45) is 3.12. The lowest BCUT2D eigenvalue weighted by Gasteiger charge is -2.04. The molecule has 1 fully saturated rings. The van der Waals surface area contributed by atoms with E-state index in [1.54, 1.807) is 37.4 Å². The van der Waals surface area contributed by atoms with Crippen LogP contribution in [0, 0.1) is 0 Å². The van der Waals surface area contributed by atoms with Crippen molar-refractivity contribution in [2.45, 2.75) is 0 Å². The molecular formula is C16H11NO4S2. The maximum absolute atomic E-state index is 12.0. The molecule has 0 saturated carbocycles. The van der Waals surface area contributed by atoms with Crippen molar-refractivity contribution < 1.29 is 18.7 Å². The van der Waals surface area contributed by atoms with Crippen molar-refractivity contribution >= 4 is 46.3 Å². The van der Waals surface area contributed by atoms with Crippen molar-refractivity contribution in [2.24, 2.45) is 0 Å². The van der Waals surface area contributed by atoms with Gasteiger partial charge in [0.1, 0.15) is 10.1 Å². The van der Waals surface area contributed by atoms with Crippen LogP contribution in [0.1, 0.15) is 16.1 Å². The predicted molar refractivity (Wildman–Crippen MR) is 91.0 cm³/mol. The van der Waals surface area contributed by atoms with Crippen LogP contribution in [0.2, 0.25) is 0 Å². The summed E-state index contributed by atoms with van der Waals surface area (Å²) in [4.78, 5) is 25.8. The molecule has 2 heterocycles. The van der Waals surface area contributed by atoms with Crippen molar-refractivity contribution in [3.05, 3.63) is 58.9 Å². The third-order valence-corrected chi connectivity index (χ3v) is 4.56. The number of carbonyl (C=O) groups excluding carboxylic acids is 2. The van der Waals surface area contributed by atoms with E-state index in [2.05, 4.69) is 0 Å². The Morgan fingerprint density at radius 2 is 2.17 bits per heavy atom. The minimum absolute atomic E-state index is 0.127. The van der Waals surface area contributed by atoms with Gasteiger partial charge in [-0.1, -0.05) is 36.1 Å². The van der Waals surface area contributed by atoms with Crippen LogP contribution in [-0.2, 0) is 4.79 Å². The highest BCUT2D eigenvalue weighted by molar-refractivity contribution is 8.26. The average Bonchev–Trinajstić information content (AvgIpc) is 3.14. The summed E-state index contributed by atoms with van der Waals surface area (Å²) in [5.41, 5.74) is 0.740. The van der Waals surface area contributed by atoms with Crippen LogP contribution >= 0.6 is 24.0 Å². The minimum atomic E-state index is -0.577. The average molecular weight is 345 g/mol. The van der Waals surface area contributed by atoms with Gasteiger partial charge in [0.2, 0.25) is 5.76 Å². The van der Waals surface area contributed by atoms with Gasteiger partial charge >= 0.3 is 5.97 Å². The second-order valence-electron chi connectivity index (χ2n) is 4.68. The number of likely N-dealkylation sites (N-methyl/N-ethyl adjacent to an activating group) is 1. The van der Waals surface area contributed by atoms with Crippen LogP contribution < -0.4 is 4.74 Å². The molecule has 3 rings (SSSR count). The molecule has 1 aromatic heterocycles. The fourth-order valence-electron chi connectivity index (χ4n) is 1.92. The van der Waals surface area contributed by atoms with E-state index in [0.717, 1.165) is 5.56 Å². The molecule has 0 atom stereocenters. The van der Waals surface area contributed by atoms with Gasteiger partial charge in [0.15, 0.2) is 0 Å². The van der Waals surface area contributed by atoms with E-state index in [4.69, 9.17) is 21.4 Å². The standard InChI is InChI=1S/C16H11NO4S2/c1-17-14(18)13(23-16(17)22)9-10-4-2-5-11(8-10)21-15(19)12-6-3-7-20-12/h2-9H,1H3/b13-9+. The number of furan rings is 1. The van der Waals surface area contributed by atoms with Gasteiger partial charge in [-0.15, -0.1) is 0 Å². The Balaban J connectivity index is 1.79. The highest BCUT2D eigenvalue weighted by Crippen LogP contribution is 2.31. The third-order valence-electron chi connectivity index (χ3n) is 3.08. The van der Waals surface area contributed by atoms with E-state index in [9.17, 15) is 9.59 Å². The summed E-state index contributed by atoms with van der Waals surface area (Å²) in [6, 6.07) is 10.0. The fourth-order valence-corrected chi connectivity index (χ4v) is 3.10. The molecule has 0 bridgehead atoms. The van der Waals surface area contributed by atoms with E-state index in [1.807, 2.05) is 6.07 Å². The van der Waals surface area contributed by atoms with Crippen LogP contribution in [0.25, 0.3) is 6.08 Å². The number of hydrogen-bond donors (Lipinski definition) is 0. The van der Waals surface area contributed by atoms with Crippen molar-refractivity contribution in [3.8, 4) is 5.75 Å². The smallest absolute Gasteiger partial charge is 0.379 e. The monoisotopic (exact) mass is 345 g/mol. The zero-order chi connectivity index (χ0) is 16.4. The Bertz CT molecular complexity index is 811. The van der Waals surface area contributed by atoms with Crippen molar-refractivity contribution in [1.29, 1.82) is 0 Å². The Morgan fingerprint density at radius 1 is 1.35 bits per heavy atom. The normalized spacial score (nSPS) is 16.2. The highest BCUT2D eigenvalue weighted by Gasteiger charge is 2.28. The molecule has 5 nitrogen and oxygen atoms in total. The first-order valence-electron chi connectivity index (χ1n) is 6.62. The van der Waals surface area contributed by atoms with Crippen LogP contribution in [-0.4, -0.2) is 28.1 Å². The molecule has 1 aliphatic rings. The van der Waals surface area contributed by atoms with E-state index >= 15 is 0 Å². The van der Waals surface area contributed by atoms with E-state index in [0.29, 0.717) is 15.0 Å². The fraction of sp³-hybridized carbons (Fsp3) is 0.0625. The molecule has 1 saturated heterocycles. The molecule has 116 valence electrons. The SMILES string of the molecule is CN1C(=O)/C(=C\c2cccc(OC(=O)c3ccco3)c2)SC1=S. The summed E-state index contributed by atoms with van der Waals surface area (Å²) >= 11 is 6.33. The number of rotatable bonds is 3. The first-order valence-corrected chi connectivity index (χ1v) is 7.84. The van der Waals surface area contributed by atoms with Gasteiger partial charge in [-0.3, -0.25) is 9.69 Å².